The van der Waals surface area contributed by atoms with Crippen molar-refractivity contribution in [1.82, 2.24) is 14.5 Å². The van der Waals surface area contributed by atoms with Crippen LogP contribution in [-0.2, 0) is 23.1 Å². The average molecular weight is 449 g/mol. The third-order valence-corrected chi connectivity index (χ3v) is 6.32. The lowest BCUT2D eigenvalue weighted by molar-refractivity contribution is -0.387. The molecule has 32 heavy (non-hydrogen) atoms. The molecule has 4 rings (SSSR count). The largest absolute Gasteiger partial charge is 0.289 e. The van der Waals surface area contributed by atoms with Crippen LogP contribution in [0.2, 0.25) is 0 Å². The first kappa shape index (κ1) is 21.4. The molecule has 162 valence electrons. The summed E-state index contributed by atoms with van der Waals surface area (Å²) in [6.07, 6.45) is 1.79. The monoisotopic (exact) mass is 448 g/mol. The van der Waals surface area contributed by atoms with Crippen LogP contribution >= 0.6 is 0 Å². The normalized spacial score (nSPS) is 11.4. The molecule has 0 spiro atoms. The molecule has 0 saturated carbocycles. The molecule has 0 amide bonds. The Kier molecular flexibility index (Phi) is 6.11. The van der Waals surface area contributed by atoms with Crippen molar-refractivity contribution in [2.75, 3.05) is 0 Å². The molecular weight excluding hydrogens is 428 g/mol. The second-order valence-electron chi connectivity index (χ2n) is 7.10. The van der Waals surface area contributed by atoms with Crippen LogP contribution in [0.3, 0.4) is 0 Å². The highest BCUT2D eigenvalue weighted by molar-refractivity contribution is 7.89. The van der Waals surface area contributed by atoms with Crippen LogP contribution in [0, 0.1) is 10.1 Å². The third kappa shape index (κ3) is 4.74. The van der Waals surface area contributed by atoms with Crippen LogP contribution in [0.15, 0.2) is 96.0 Å². The number of nitrogens with one attached hydrogen (secondary N) is 1. The number of hydrogen-bond donors (Lipinski definition) is 1. The fourth-order valence-electron chi connectivity index (χ4n) is 3.37. The van der Waals surface area contributed by atoms with Gasteiger partial charge in [-0.05, 0) is 11.6 Å². The Morgan fingerprint density at radius 1 is 0.906 bits per heavy atom. The van der Waals surface area contributed by atoms with E-state index in [1.54, 1.807) is 10.9 Å². The molecule has 0 saturated heterocycles. The van der Waals surface area contributed by atoms with Crippen molar-refractivity contribution in [3.05, 3.63) is 112 Å². The van der Waals surface area contributed by atoms with Crippen molar-refractivity contribution in [2.24, 2.45) is 0 Å². The number of rotatable bonds is 8. The minimum atomic E-state index is -4.11. The van der Waals surface area contributed by atoms with Gasteiger partial charge in [0.15, 0.2) is 4.90 Å². The van der Waals surface area contributed by atoms with Gasteiger partial charge in [-0.2, -0.15) is 5.10 Å². The van der Waals surface area contributed by atoms with Crippen molar-refractivity contribution in [3.63, 3.8) is 0 Å². The topological polar surface area (TPSA) is 107 Å². The van der Waals surface area contributed by atoms with E-state index < -0.39 is 20.6 Å². The Morgan fingerprint density at radius 3 is 2.22 bits per heavy atom. The Morgan fingerprint density at radius 2 is 1.53 bits per heavy atom. The van der Waals surface area contributed by atoms with Crippen LogP contribution in [0.25, 0.3) is 11.3 Å². The first-order chi connectivity index (χ1) is 15.4. The highest BCUT2D eigenvalue weighted by Gasteiger charge is 2.25. The van der Waals surface area contributed by atoms with E-state index in [9.17, 15) is 18.5 Å². The van der Waals surface area contributed by atoms with Crippen molar-refractivity contribution in [1.29, 1.82) is 0 Å². The molecule has 3 aromatic carbocycles. The molecule has 0 bridgehead atoms. The van der Waals surface area contributed by atoms with E-state index in [2.05, 4.69) is 9.82 Å². The van der Waals surface area contributed by atoms with Gasteiger partial charge < -0.3 is 0 Å². The summed E-state index contributed by atoms with van der Waals surface area (Å²) in [6, 6.07) is 24.5. The van der Waals surface area contributed by atoms with Crippen LogP contribution < -0.4 is 4.72 Å². The van der Waals surface area contributed by atoms with E-state index in [-0.39, 0.29) is 11.4 Å². The number of para-hydroxylation sites is 1. The van der Waals surface area contributed by atoms with Gasteiger partial charge in [-0.15, -0.1) is 0 Å². The van der Waals surface area contributed by atoms with Gasteiger partial charge in [0.25, 0.3) is 5.69 Å². The first-order valence-electron chi connectivity index (χ1n) is 9.83. The predicted octanol–water partition coefficient (Wildman–Crippen LogP) is 3.99. The number of hydrogen-bond acceptors (Lipinski definition) is 5. The molecule has 0 atom stereocenters. The summed E-state index contributed by atoms with van der Waals surface area (Å²) in [7, 11) is -4.11. The Labute approximate surface area is 185 Å². The summed E-state index contributed by atoms with van der Waals surface area (Å²) < 4.78 is 29.9. The molecule has 0 aliphatic carbocycles. The maximum atomic E-state index is 12.8. The lowest BCUT2D eigenvalue weighted by Crippen LogP contribution is -2.24. The van der Waals surface area contributed by atoms with Gasteiger partial charge in [-0.3, -0.25) is 14.8 Å². The molecule has 9 heteroatoms. The maximum absolute atomic E-state index is 12.8. The van der Waals surface area contributed by atoms with Crippen molar-refractivity contribution in [3.8, 4) is 11.3 Å². The number of nitrogens with zero attached hydrogens (tertiary/aromatic N) is 3. The zero-order chi connectivity index (χ0) is 22.6. The fraction of sp³-hybridized carbons (Fsp3) is 0.0870. The number of nitro groups is 1. The van der Waals surface area contributed by atoms with E-state index in [0.717, 1.165) is 11.1 Å². The van der Waals surface area contributed by atoms with Gasteiger partial charge in [0, 0.05) is 29.9 Å². The molecule has 0 fully saturated rings. The molecular formula is C23H20N4O4S. The lowest BCUT2D eigenvalue weighted by Gasteiger charge is -2.07. The molecule has 1 N–H and O–H groups in total. The van der Waals surface area contributed by atoms with Crippen LogP contribution in [0.4, 0.5) is 5.69 Å². The summed E-state index contributed by atoms with van der Waals surface area (Å²) in [5.74, 6) is 0. The van der Waals surface area contributed by atoms with Crippen LogP contribution in [0.5, 0.6) is 0 Å². The van der Waals surface area contributed by atoms with Crippen LogP contribution in [-0.4, -0.2) is 23.1 Å². The first-order valence-corrected chi connectivity index (χ1v) is 11.3. The van der Waals surface area contributed by atoms with Crippen LogP contribution in [0.1, 0.15) is 11.1 Å². The highest BCUT2D eigenvalue weighted by atomic mass is 32.2. The fourth-order valence-corrected chi connectivity index (χ4v) is 4.54. The third-order valence-electron chi connectivity index (χ3n) is 4.88. The minimum absolute atomic E-state index is 0.0621. The molecule has 0 radical (unpaired) electrons. The quantitative estimate of drug-likeness (QED) is 0.324. The lowest BCUT2D eigenvalue weighted by atomic mass is 10.1. The standard InChI is InChI=1S/C23H20N4O4S/c28-27(29)21-13-7-8-14-22(21)32(30,31)24-15-20-17-26(16-18-9-3-1-4-10-18)25-23(20)19-11-5-2-6-12-19/h1-14,17,24H,15-16H2. The van der Waals surface area contributed by atoms with Gasteiger partial charge in [0.1, 0.15) is 0 Å². The number of aromatic nitrogens is 2. The second kappa shape index (κ2) is 9.13. The van der Waals surface area contributed by atoms with Crippen molar-refractivity contribution >= 4 is 15.7 Å². The Bertz CT molecular complexity index is 1340. The maximum Gasteiger partial charge on any atom is 0.289 e. The van der Waals surface area contributed by atoms with E-state index >= 15 is 0 Å². The number of nitro benzene ring substituents is 1. The molecule has 0 aliphatic heterocycles. The summed E-state index contributed by atoms with van der Waals surface area (Å²) in [5, 5.41) is 15.9. The van der Waals surface area contributed by atoms with Gasteiger partial charge in [0.05, 0.1) is 17.2 Å². The highest BCUT2D eigenvalue weighted by Crippen LogP contribution is 2.25. The molecule has 4 aromatic rings. The van der Waals surface area contributed by atoms with E-state index in [1.807, 2.05) is 60.7 Å². The number of sulfonamides is 1. The molecule has 0 aliphatic rings. The predicted molar refractivity (Wildman–Crippen MR) is 120 cm³/mol. The minimum Gasteiger partial charge on any atom is -0.267 e. The Balaban J connectivity index is 1.65. The summed E-state index contributed by atoms with van der Waals surface area (Å²) in [6.45, 7) is 0.463. The van der Waals surface area contributed by atoms with Gasteiger partial charge in [-0.25, -0.2) is 13.1 Å². The van der Waals surface area contributed by atoms with Crippen molar-refractivity contribution in [2.45, 2.75) is 18.0 Å². The van der Waals surface area contributed by atoms with E-state index in [0.29, 0.717) is 17.8 Å². The van der Waals surface area contributed by atoms with E-state index in [4.69, 9.17) is 0 Å². The van der Waals surface area contributed by atoms with Crippen molar-refractivity contribution < 1.29 is 13.3 Å². The van der Waals surface area contributed by atoms with Gasteiger partial charge >= 0.3 is 0 Å². The average Bonchev–Trinajstić information content (AvgIpc) is 3.21. The Hall–Kier alpha value is -3.82. The summed E-state index contributed by atoms with van der Waals surface area (Å²) >= 11 is 0. The summed E-state index contributed by atoms with van der Waals surface area (Å²) in [5.41, 5.74) is 2.74. The number of benzene rings is 3. The molecule has 8 nitrogen and oxygen atoms in total. The van der Waals surface area contributed by atoms with Gasteiger partial charge in [-0.1, -0.05) is 72.8 Å². The molecule has 1 aromatic heterocycles. The summed E-state index contributed by atoms with van der Waals surface area (Å²) in [4.78, 5) is 10.2. The SMILES string of the molecule is O=[N+]([O-])c1ccccc1S(=O)(=O)NCc1cn(Cc2ccccc2)nc1-c1ccccc1. The van der Waals surface area contributed by atoms with E-state index in [1.165, 1.54) is 24.3 Å². The second-order valence-corrected chi connectivity index (χ2v) is 8.84. The van der Waals surface area contributed by atoms with Gasteiger partial charge in [0.2, 0.25) is 10.0 Å². The molecule has 1 heterocycles. The molecule has 0 unspecified atom stereocenters. The smallest absolute Gasteiger partial charge is 0.267 e. The zero-order valence-electron chi connectivity index (χ0n) is 17.0. The zero-order valence-corrected chi connectivity index (χ0v) is 17.8.